The summed E-state index contributed by atoms with van der Waals surface area (Å²) in [6, 6.07) is 20.7. The van der Waals surface area contributed by atoms with E-state index >= 15 is 0 Å². The number of carbonyl (C=O) groups is 2. The van der Waals surface area contributed by atoms with Gasteiger partial charge in [-0.15, -0.1) is 0 Å². The van der Waals surface area contributed by atoms with Gasteiger partial charge in [0.25, 0.3) is 5.91 Å². The van der Waals surface area contributed by atoms with Gasteiger partial charge in [-0.2, -0.15) is 0 Å². The summed E-state index contributed by atoms with van der Waals surface area (Å²) in [7, 11) is 1.57. The fourth-order valence-electron chi connectivity index (χ4n) is 3.98. The fraction of sp³-hybridized carbons (Fsp3) is 0.222. The van der Waals surface area contributed by atoms with Crippen LogP contribution in [0.5, 0.6) is 11.5 Å². The average molecular weight is 524 g/mol. The maximum atomic E-state index is 13.6. The summed E-state index contributed by atoms with van der Waals surface area (Å²) in [5.74, 6) is 0.795. The van der Waals surface area contributed by atoms with E-state index < -0.39 is 6.04 Å². The Morgan fingerprint density at radius 3 is 2.33 bits per heavy atom. The van der Waals surface area contributed by atoms with Crippen molar-refractivity contribution in [3.8, 4) is 11.5 Å². The van der Waals surface area contributed by atoms with Gasteiger partial charge in [0.2, 0.25) is 5.91 Å². The van der Waals surface area contributed by atoms with Crippen molar-refractivity contribution in [1.82, 2.24) is 4.90 Å². The third-order valence-corrected chi connectivity index (χ3v) is 6.56. The summed E-state index contributed by atoms with van der Waals surface area (Å²) in [6.07, 6.45) is -0.0801. The van der Waals surface area contributed by atoms with Crippen LogP contribution in [0.2, 0.25) is 5.02 Å². The summed E-state index contributed by atoms with van der Waals surface area (Å²) >= 11 is 12.1. The first-order valence-corrected chi connectivity index (χ1v) is 12.2. The average Bonchev–Trinajstić information content (AvgIpc) is 3.10. The predicted octanol–water partition coefficient (Wildman–Crippen LogP) is 5.28. The van der Waals surface area contributed by atoms with Crippen molar-refractivity contribution in [2.24, 2.45) is 0 Å². The zero-order valence-corrected chi connectivity index (χ0v) is 21.5. The zero-order chi connectivity index (χ0) is 25.7. The van der Waals surface area contributed by atoms with Crippen molar-refractivity contribution < 1.29 is 19.1 Å². The van der Waals surface area contributed by atoms with Crippen molar-refractivity contribution in [3.05, 3.63) is 83.4 Å². The number of benzene rings is 3. The summed E-state index contributed by atoms with van der Waals surface area (Å²) in [6.45, 7) is 2.75. The van der Waals surface area contributed by atoms with Gasteiger partial charge in [-0.25, -0.2) is 0 Å². The lowest BCUT2D eigenvalue weighted by molar-refractivity contribution is -0.124. The normalized spacial score (nSPS) is 15.2. The lowest BCUT2D eigenvalue weighted by Gasteiger charge is -2.24. The Bertz CT molecular complexity index is 1250. The summed E-state index contributed by atoms with van der Waals surface area (Å²) in [4.78, 5) is 29.8. The van der Waals surface area contributed by atoms with Crippen molar-refractivity contribution in [3.63, 3.8) is 0 Å². The monoisotopic (exact) mass is 523 g/mol. The molecule has 1 N–H and O–H groups in total. The van der Waals surface area contributed by atoms with E-state index in [-0.39, 0.29) is 24.8 Å². The Morgan fingerprint density at radius 1 is 1.03 bits per heavy atom. The minimum absolute atomic E-state index is 0.0801. The number of methoxy groups -OCH3 is 1. The van der Waals surface area contributed by atoms with Gasteiger partial charge in [-0.05, 0) is 79.3 Å². The van der Waals surface area contributed by atoms with Gasteiger partial charge in [0.05, 0.1) is 25.8 Å². The highest BCUT2D eigenvalue weighted by Gasteiger charge is 2.44. The Kier molecular flexibility index (Phi) is 8.07. The maximum absolute atomic E-state index is 13.6. The number of anilines is 2. The number of amides is 2. The van der Waals surface area contributed by atoms with Crippen molar-refractivity contribution in [1.29, 1.82) is 0 Å². The number of nitrogens with one attached hydrogen (secondary N) is 1. The second-order valence-electron chi connectivity index (χ2n) is 8.10. The number of hydrogen-bond donors (Lipinski definition) is 1. The van der Waals surface area contributed by atoms with E-state index in [1.165, 1.54) is 4.90 Å². The van der Waals surface area contributed by atoms with Gasteiger partial charge < -0.3 is 19.7 Å². The standard InChI is InChI=1S/C27H26ClN3O4S/c1-3-35-22-12-8-19(9-13-22)29-25(32)16-24-26(33)31(20-10-14-21(34-2)15-11-20)27(36)30(24)17-18-6-4-5-7-23(18)28/h4-15,24H,3,16-17H2,1-2H3,(H,29,32)/t24-/m1/s1. The number of rotatable bonds is 9. The van der Waals surface area contributed by atoms with Gasteiger partial charge in [0, 0.05) is 17.3 Å². The minimum Gasteiger partial charge on any atom is -0.497 e. The Balaban J connectivity index is 1.57. The largest absolute Gasteiger partial charge is 0.497 e. The molecule has 186 valence electrons. The molecule has 1 aliphatic rings. The van der Waals surface area contributed by atoms with E-state index in [4.69, 9.17) is 33.3 Å². The lowest BCUT2D eigenvalue weighted by atomic mass is 10.1. The zero-order valence-electron chi connectivity index (χ0n) is 19.9. The van der Waals surface area contributed by atoms with E-state index in [1.54, 1.807) is 66.6 Å². The Hall–Kier alpha value is -3.62. The van der Waals surface area contributed by atoms with Crippen LogP contribution in [-0.2, 0) is 16.1 Å². The number of nitrogens with zero attached hydrogens (tertiary/aromatic N) is 2. The molecule has 2 amide bonds. The Morgan fingerprint density at radius 2 is 1.69 bits per heavy atom. The van der Waals surface area contributed by atoms with Gasteiger partial charge in [0.15, 0.2) is 5.11 Å². The molecular formula is C27H26ClN3O4S. The molecule has 3 aromatic carbocycles. The Labute approximate surface area is 220 Å². The van der Waals surface area contributed by atoms with E-state index in [0.29, 0.717) is 39.6 Å². The minimum atomic E-state index is -0.793. The quantitative estimate of drug-likeness (QED) is 0.385. The molecule has 0 bridgehead atoms. The molecule has 9 heteroatoms. The molecule has 1 aliphatic heterocycles. The third kappa shape index (κ3) is 5.61. The van der Waals surface area contributed by atoms with E-state index in [1.807, 2.05) is 25.1 Å². The van der Waals surface area contributed by atoms with Crippen LogP contribution in [0.25, 0.3) is 0 Å². The molecule has 0 unspecified atom stereocenters. The highest BCUT2D eigenvalue weighted by atomic mass is 35.5. The van der Waals surface area contributed by atoms with Crippen molar-refractivity contribution in [2.45, 2.75) is 25.9 Å². The van der Waals surface area contributed by atoms with Gasteiger partial charge in [0.1, 0.15) is 17.5 Å². The third-order valence-electron chi connectivity index (χ3n) is 5.78. The molecule has 0 aromatic heterocycles. The molecule has 1 heterocycles. The SMILES string of the molecule is CCOc1ccc(NC(=O)C[C@@H]2C(=O)N(c3ccc(OC)cc3)C(=S)N2Cc2ccccc2Cl)cc1. The van der Waals surface area contributed by atoms with Crippen LogP contribution < -0.4 is 19.7 Å². The molecule has 0 aliphatic carbocycles. The summed E-state index contributed by atoms with van der Waals surface area (Å²) in [5.41, 5.74) is 2.02. The molecule has 4 rings (SSSR count). The highest BCUT2D eigenvalue weighted by molar-refractivity contribution is 7.80. The molecule has 0 radical (unpaired) electrons. The summed E-state index contributed by atoms with van der Waals surface area (Å²) in [5, 5.41) is 3.73. The first kappa shape index (κ1) is 25.5. The number of hydrogen-bond acceptors (Lipinski definition) is 5. The maximum Gasteiger partial charge on any atom is 0.256 e. The van der Waals surface area contributed by atoms with Gasteiger partial charge >= 0.3 is 0 Å². The lowest BCUT2D eigenvalue weighted by Crippen LogP contribution is -2.37. The van der Waals surface area contributed by atoms with Crippen LogP contribution in [0.4, 0.5) is 11.4 Å². The van der Waals surface area contributed by atoms with Crippen molar-refractivity contribution >= 4 is 52.1 Å². The molecule has 36 heavy (non-hydrogen) atoms. The van der Waals surface area contributed by atoms with E-state index in [9.17, 15) is 9.59 Å². The molecule has 1 fully saturated rings. The summed E-state index contributed by atoms with van der Waals surface area (Å²) < 4.78 is 10.7. The van der Waals surface area contributed by atoms with Crippen molar-refractivity contribution in [2.75, 3.05) is 23.9 Å². The smallest absolute Gasteiger partial charge is 0.256 e. The van der Waals surface area contributed by atoms with Crippen LogP contribution in [-0.4, -0.2) is 41.6 Å². The van der Waals surface area contributed by atoms with E-state index in [2.05, 4.69) is 5.32 Å². The molecule has 1 atom stereocenters. The van der Waals surface area contributed by atoms with Gasteiger partial charge in [-0.3, -0.25) is 14.5 Å². The number of carbonyl (C=O) groups excluding carboxylic acids is 2. The molecule has 1 saturated heterocycles. The highest BCUT2D eigenvalue weighted by Crippen LogP contribution is 2.31. The first-order valence-electron chi connectivity index (χ1n) is 11.5. The number of thiocarbonyl (C=S) groups is 1. The second kappa shape index (κ2) is 11.4. The van der Waals surface area contributed by atoms with E-state index in [0.717, 1.165) is 5.56 Å². The molecule has 7 nitrogen and oxygen atoms in total. The number of ether oxygens (including phenoxy) is 2. The van der Waals surface area contributed by atoms with Crippen LogP contribution in [0.15, 0.2) is 72.8 Å². The van der Waals surface area contributed by atoms with Crippen LogP contribution in [0, 0.1) is 0 Å². The van der Waals surface area contributed by atoms with Crippen LogP contribution in [0.1, 0.15) is 18.9 Å². The van der Waals surface area contributed by atoms with Crippen LogP contribution in [0.3, 0.4) is 0 Å². The molecule has 0 saturated carbocycles. The predicted molar refractivity (Wildman–Crippen MR) is 145 cm³/mol. The fourth-order valence-corrected chi connectivity index (χ4v) is 4.56. The first-order chi connectivity index (χ1) is 17.4. The molecule has 0 spiro atoms. The van der Waals surface area contributed by atoms with Gasteiger partial charge in [-0.1, -0.05) is 29.8 Å². The topological polar surface area (TPSA) is 71.1 Å². The number of halogens is 1. The molecule has 3 aromatic rings. The molecular weight excluding hydrogens is 498 g/mol. The second-order valence-corrected chi connectivity index (χ2v) is 8.87. The van der Waals surface area contributed by atoms with Crippen LogP contribution >= 0.6 is 23.8 Å².